The molecule has 5 nitrogen and oxygen atoms in total. The van der Waals surface area contributed by atoms with Crippen molar-refractivity contribution in [2.24, 2.45) is 11.8 Å². The summed E-state index contributed by atoms with van der Waals surface area (Å²) in [5, 5.41) is 3.01. The Kier molecular flexibility index (Phi) is 7.29. The van der Waals surface area contributed by atoms with Gasteiger partial charge < -0.3 is 15.0 Å². The van der Waals surface area contributed by atoms with Crippen molar-refractivity contribution in [3.8, 4) is 5.75 Å². The summed E-state index contributed by atoms with van der Waals surface area (Å²) >= 11 is 0. The summed E-state index contributed by atoms with van der Waals surface area (Å²) in [6, 6.07) is 7.67. The third-order valence-electron chi connectivity index (χ3n) is 4.62. The van der Waals surface area contributed by atoms with Crippen LogP contribution in [0.25, 0.3) is 0 Å². The van der Waals surface area contributed by atoms with Gasteiger partial charge in [-0.05, 0) is 44.2 Å². The number of nitrogens with zero attached hydrogens (tertiary/aromatic N) is 1. The van der Waals surface area contributed by atoms with Gasteiger partial charge >= 0.3 is 0 Å². The molecular formula is C20H30N2O3. The molecule has 1 heterocycles. The second-order valence-electron chi connectivity index (χ2n) is 7.23. The van der Waals surface area contributed by atoms with E-state index < -0.39 is 0 Å². The molecule has 1 aromatic carbocycles. The number of likely N-dealkylation sites (tertiary alicyclic amines) is 1. The maximum atomic E-state index is 12.3. The van der Waals surface area contributed by atoms with Crippen LogP contribution in [0, 0.1) is 18.8 Å². The summed E-state index contributed by atoms with van der Waals surface area (Å²) in [6.07, 6.45) is 2.45. The van der Waals surface area contributed by atoms with Crippen LogP contribution < -0.4 is 10.1 Å². The Morgan fingerprint density at radius 3 is 2.44 bits per heavy atom. The largest absolute Gasteiger partial charge is 0.484 e. The first-order chi connectivity index (χ1) is 12.0. The van der Waals surface area contributed by atoms with Crippen LogP contribution in [-0.2, 0) is 9.59 Å². The smallest absolute Gasteiger partial charge is 0.260 e. The topological polar surface area (TPSA) is 58.6 Å². The lowest BCUT2D eigenvalue weighted by atomic mass is 9.95. The van der Waals surface area contributed by atoms with E-state index in [-0.39, 0.29) is 24.3 Å². The van der Waals surface area contributed by atoms with Gasteiger partial charge in [0.1, 0.15) is 5.75 Å². The fourth-order valence-corrected chi connectivity index (χ4v) is 2.89. The molecule has 1 N–H and O–H groups in total. The van der Waals surface area contributed by atoms with Crippen molar-refractivity contribution in [3.05, 3.63) is 29.8 Å². The summed E-state index contributed by atoms with van der Waals surface area (Å²) in [5.41, 5.74) is 1.16. The molecule has 25 heavy (non-hydrogen) atoms. The number of carbonyl (C=O) groups is 2. The Bertz CT molecular complexity index is 561. The highest BCUT2D eigenvalue weighted by Gasteiger charge is 2.27. The van der Waals surface area contributed by atoms with E-state index in [1.54, 1.807) is 4.90 Å². The average Bonchev–Trinajstić information content (AvgIpc) is 2.60. The lowest BCUT2D eigenvalue weighted by molar-refractivity contribution is -0.137. The molecule has 1 aliphatic rings. The van der Waals surface area contributed by atoms with Crippen molar-refractivity contribution < 1.29 is 14.3 Å². The first-order valence-electron chi connectivity index (χ1n) is 9.20. The molecule has 138 valence electrons. The van der Waals surface area contributed by atoms with E-state index in [0.29, 0.717) is 24.8 Å². The van der Waals surface area contributed by atoms with E-state index >= 15 is 0 Å². The van der Waals surface area contributed by atoms with E-state index in [0.717, 1.165) is 31.4 Å². The van der Waals surface area contributed by atoms with Crippen molar-refractivity contribution in [2.45, 2.75) is 40.0 Å². The van der Waals surface area contributed by atoms with E-state index in [2.05, 4.69) is 19.2 Å². The number of ether oxygens (including phenoxy) is 1. The molecule has 5 heteroatoms. The molecule has 0 spiro atoms. The predicted octanol–water partition coefficient (Wildman–Crippen LogP) is 2.77. The number of piperidine rings is 1. The molecular weight excluding hydrogens is 316 g/mol. The van der Waals surface area contributed by atoms with Gasteiger partial charge in [-0.3, -0.25) is 9.59 Å². The van der Waals surface area contributed by atoms with Gasteiger partial charge in [0.2, 0.25) is 5.91 Å². The Balaban J connectivity index is 1.69. The van der Waals surface area contributed by atoms with Crippen molar-refractivity contribution in [1.29, 1.82) is 0 Å². The Morgan fingerprint density at radius 1 is 1.20 bits per heavy atom. The molecule has 2 rings (SSSR count). The van der Waals surface area contributed by atoms with Crippen LogP contribution in [0.1, 0.15) is 38.7 Å². The fourth-order valence-electron chi connectivity index (χ4n) is 2.89. The molecule has 0 atom stereocenters. The van der Waals surface area contributed by atoms with Crippen molar-refractivity contribution in [3.63, 3.8) is 0 Å². The SMILES string of the molecule is Cc1ccc(OCC(=O)N2CCC(C(=O)NCCC(C)C)CC2)cc1. The Labute approximate surface area is 150 Å². The molecule has 0 radical (unpaired) electrons. The zero-order valence-corrected chi connectivity index (χ0v) is 15.6. The van der Waals surface area contributed by atoms with Gasteiger partial charge in [-0.15, -0.1) is 0 Å². The van der Waals surface area contributed by atoms with Crippen molar-refractivity contribution >= 4 is 11.8 Å². The van der Waals surface area contributed by atoms with Crippen LogP contribution in [-0.4, -0.2) is 43.0 Å². The van der Waals surface area contributed by atoms with Gasteiger partial charge in [0.15, 0.2) is 6.61 Å². The number of benzene rings is 1. The molecule has 1 aromatic rings. The summed E-state index contributed by atoms with van der Waals surface area (Å²) in [7, 11) is 0. The molecule has 1 saturated heterocycles. The number of nitrogens with one attached hydrogen (secondary N) is 1. The highest BCUT2D eigenvalue weighted by Crippen LogP contribution is 2.18. The molecule has 1 aliphatic heterocycles. The second kappa shape index (κ2) is 9.44. The zero-order chi connectivity index (χ0) is 18.2. The van der Waals surface area contributed by atoms with E-state index in [9.17, 15) is 9.59 Å². The molecule has 0 unspecified atom stereocenters. The van der Waals surface area contributed by atoms with E-state index in [1.807, 2.05) is 31.2 Å². The predicted molar refractivity (Wildman–Crippen MR) is 98.4 cm³/mol. The Hall–Kier alpha value is -2.04. The second-order valence-corrected chi connectivity index (χ2v) is 7.23. The summed E-state index contributed by atoms with van der Waals surface area (Å²) in [4.78, 5) is 26.2. The minimum atomic E-state index is -0.0146. The average molecular weight is 346 g/mol. The van der Waals surface area contributed by atoms with Crippen LogP contribution >= 0.6 is 0 Å². The molecule has 1 fully saturated rings. The standard InChI is InChI=1S/C20H30N2O3/c1-15(2)8-11-21-20(24)17-9-12-22(13-10-17)19(23)14-25-18-6-4-16(3)5-7-18/h4-7,15,17H,8-14H2,1-3H3,(H,21,24). The number of hydrogen-bond donors (Lipinski definition) is 1. The lowest BCUT2D eigenvalue weighted by Gasteiger charge is -2.31. The van der Waals surface area contributed by atoms with Gasteiger partial charge in [0, 0.05) is 25.6 Å². The number of amides is 2. The first kappa shape index (κ1) is 19.3. The first-order valence-corrected chi connectivity index (χ1v) is 9.20. The van der Waals surface area contributed by atoms with Crippen LogP contribution in [0.2, 0.25) is 0 Å². The summed E-state index contributed by atoms with van der Waals surface area (Å²) in [6.45, 7) is 8.34. The minimum absolute atomic E-state index is 0.0146. The number of rotatable bonds is 7. The molecule has 0 aromatic heterocycles. The van der Waals surface area contributed by atoms with Crippen LogP contribution in [0.3, 0.4) is 0 Å². The van der Waals surface area contributed by atoms with Crippen LogP contribution in [0.4, 0.5) is 0 Å². The Morgan fingerprint density at radius 2 is 1.84 bits per heavy atom. The van der Waals surface area contributed by atoms with E-state index in [4.69, 9.17) is 4.74 Å². The van der Waals surface area contributed by atoms with Crippen molar-refractivity contribution in [1.82, 2.24) is 10.2 Å². The normalized spacial score (nSPS) is 15.3. The molecule has 0 aliphatic carbocycles. The third kappa shape index (κ3) is 6.40. The summed E-state index contributed by atoms with van der Waals surface area (Å²) < 4.78 is 5.56. The number of carbonyl (C=O) groups excluding carboxylic acids is 2. The quantitative estimate of drug-likeness (QED) is 0.826. The van der Waals surface area contributed by atoms with Gasteiger partial charge in [-0.1, -0.05) is 31.5 Å². The maximum Gasteiger partial charge on any atom is 0.260 e. The fraction of sp³-hybridized carbons (Fsp3) is 0.600. The molecule has 0 bridgehead atoms. The summed E-state index contributed by atoms with van der Waals surface area (Å²) in [5.74, 6) is 1.43. The van der Waals surface area contributed by atoms with Gasteiger partial charge in [-0.2, -0.15) is 0 Å². The maximum absolute atomic E-state index is 12.3. The lowest BCUT2D eigenvalue weighted by Crippen LogP contribution is -2.44. The monoisotopic (exact) mass is 346 g/mol. The minimum Gasteiger partial charge on any atom is -0.484 e. The van der Waals surface area contributed by atoms with Crippen LogP contribution in [0.5, 0.6) is 5.75 Å². The highest BCUT2D eigenvalue weighted by molar-refractivity contribution is 5.80. The van der Waals surface area contributed by atoms with Crippen molar-refractivity contribution in [2.75, 3.05) is 26.2 Å². The molecule has 2 amide bonds. The van der Waals surface area contributed by atoms with Gasteiger partial charge in [-0.25, -0.2) is 0 Å². The molecule has 0 saturated carbocycles. The van der Waals surface area contributed by atoms with Crippen LogP contribution in [0.15, 0.2) is 24.3 Å². The van der Waals surface area contributed by atoms with Gasteiger partial charge in [0.25, 0.3) is 5.91 Å². The number of aryl methyl sites for hydroxylation is 1. The van der Waals surface area contributed by atoms with Gasteiger partial charge in [0.05, 0.1) is 0 Å². The zero-order valence-electron chi connectivity index (χ0n) is 15.6. The number of hydrogen-bond acceptors (Lipinski definition) is 3. The third-order valence-corrected chi connectivity index (χ3v) is 4.62. The van der Waals surface area contributed by atoms with E-state index in [1.165, 1.54) is 0 Å². The highest BCUT2D eigenvalue weighted by atomic mass is 16.5.